The Morgan fingerprint density at radius 1 is 1.19 bits per heavy atom. The predicted octanol–water partition coefficient (Wildman–Crippen LogP) is 2.04. The molecular weight excluding hydrogens is 352 g/mol. The fraction of sp³-hybridized carbons (Fsp3) is 0.684. The summed E-state index contributed by atoms with van der Waals surface area (Å²) >= 11 is 1.58. The molecule has 1 aromatic rings. The van der Waals surface area contributed by atoms with Gasteiger partial charge in [0.05, 0.1) is 26.2 Å². The number of amides is 2. The highest BCUT2D eigenvalue weighted by Gasteiger charge is 2.53. The normalized spacial score (nSPS) is 25.6. The Labute approximate surface area is 158 Å². The van der Waals surface area contributed by atoms with Crippen LogP contribution in [0.1, 0.15) is 37.0 Å². The smallest absolute Gasteiger partial charge is 0.248 e. The lowest BCUT2D eigenvalue weighted by molar-refractivity contribution is -0.162. The van der Waals surface area contributed by atoms with E-state index in [-0.39, 0.29) is 11.8 Å². The molecule has 142 valence electrons. The second-order valence-corrected chi connectivity index (χ2v) is 8.32. The van der Waals surface area contributed by atoms with Gasteiger partial charge in [0.15, 0.2) is 0 Å². The molecule has 3 fully saturated rings. The lowest BCUT2D eigenvalue weighted by Gasteiger charge is -2.42. The molecule has 0 bridgehead atoms. The van der Waals surface area contributed by atoms with Crippen molar-refractivity contribution in [2.45, 2.75) is 50.3 Å². The van der Waals surface area contributed by atoms with Gasteiger partial charge in [0.25, 0.3) is 0 Å². The molecule has 3 aliphatic rings. The Bertz CT molecular complexity index is 636. The van der Waals surface area contributed by atoms with Gasteiger partial charge < -0.3 is 14.4 Å². The molecule has 0 unspecified atom stereocenters. The summed E-state index contributed by atoms with van der Waals surface area (Å²) in [6.45, 7) is 2.62. The van der Waals surface area contributed by atoms with Crippen LogP contribution in [0.5, 0.6) is 0 Å². The van der Waals surface area contributed by atoms with Crippen molar-refractivity contribution in [3.8, 4) is 0 Å². The molecule has 2 amide bonds. The van der Waals surface area contributed by atoms with Crippen LogP contribution in [-0.4, -0.2) is 66.3 Å². The van der Waals surface area contributed by atoms with Gasteiger partial charge in [-0.25, -0.2) is 0 Å². The Hall–Kier alpha value is -1.44. The van der Waals surface area contributed by atoms with E-state index in [1.165, 1.54) is 6.42 Å². The van der Waals surface area contributed by atoms with Crippen molar-refractivity contribution < 1.29 is 19.1 Å². The summed E-state index contributed by atoms with van der Waals surface area (Å²) in [5.41, 5.74) is -0.584. The molecular formula is C19H26N2O4S. The molecule has 1 aliphatic carbocycles. The molecule has 0 aromatic carbocycles. The molecule has 2 aliphatic heterocycles. The standard InChI is InChI=1S/C19H26N2O4S/c22-17(13-15-5-4-12-26-15)21-16(18(23)20-8-10-24-11-9-20)14-25-19(21)6-2-1-3-7-19/h4-5,12,16H,1-3,6-11,13-14H2/t16-/m1/s1. The first kappa shape index (κ1) is 17.9. The number of carbonyl (C=O) groups excluding carboxylic acids is 2. The first-order valence-electron chi connectivity index (χ1n) is 9.55. The van der Waals surface area contributed by atoms with Crippen LogP contribution in [0.25, 0.3) is 0 Å². The third-order valence-corrected chi connectivity index (χ3v) is 6.55. The van der Waals surface area contributed by atoms with E-state index in [2.05, 4.69) is 0 Å². The summed E-state index contributed by atoms with van der Waals surface area (Å²) in [6.07, 6.45) is 5.25. The summed E-state index contributed by atoms with van der Waals surface area (Å²) < 4.78 is 11.6. The molecule has 0 radical (unpaired) electrons. The van der Waals surface area contributed by atoms with Crippen LogP contribution in [0.15, 0.2) is 17.5 Å². The minimum Gasteiger partial charge on any atom is -0.378 e. The molecule has 1 aromatic heterocycles. The first-order valence-corrected chi connectivity index (χ1v) is 10.4. The van der Waals surface area contributed by atoms with Crippen molar-refractivity contribution in [2.75, 3.05) is 32.9 Å². The van der Waals surface area contributed by atoms with Crippen LogP contribution in [0.2, 0.25) is 0 Å². The zero-order chi connectivity index (χ0) is 18.0. The second kappa shape index (κ2) is 7.66. The van der Waals surface area contributed by atoms with Gasteiger partial charge in [-0.05, 0) is 37.1 Å². The Morgan fingerprint density at radius 3 is 2.65 bits per heavy atom. The summed E-state index contributed by atoms with van der Waals surface area (Å²) in [5, 5.41) is 1.98. The van der Waals surface area contributed by atoms with Gasteiger partial charge in [-0.15, -0.1) is 11.3 Å². The number of morpholine rings is 1. The number of carbonyl (C=O) groups is 2. The second-order valence-electron chi connectivity index (χ2n) is 7.29. The van der Waals surface area contributed by atoms with Crippen LogP contribution in [0, 0.1) is 0 Å². The van der Waals surface area contributed by atoms with Crippen molar-refractivity contribution in [3.05, 3.63) is 22.4 Å². The van der Waals surface area contributed by atoms with E-state index in [4.69, 9.17) is 9.47 Å². The van der Waals surface area contributed by atoms with Crippen molar-refractivity contribution >= 4 is 23.2 Å². The maximum atomic E-state index is 13.2. The van der Waals surface area contributed by atoms with Gasteiger partial charge in [0.1, 0.15) is 11.8 Å². The van der Waals surface area contributed by atoms with Crippen LogP contribution >= 0.6 is 11.3 Å². The van der Waals surface area contributed by atoms with Gasteiger partial charge in [-0.2, -0.15) is 0 Å². The number of nitrogens with zero attached hydrogens (tertiary/aromatic N) is 2. The van der Waals surface area contributed by atoms with Crippen molar-refractivity contribution in [1.82, 2.24) is 9.80 Å². The van der Waals surface area contributed by atoms with Gasteiger partial charge in [0, 0.05) is 18.0 Å². The van der Waals surface area contributed by atoms with Gasteiger partial charge in [-0.1, -0.05) is 12.5 Å². The number of hydrogen-bond acceptors (Lipinski definition) is 5. The molecule has 1 spiro atoms. The minimum atomic E-state index is -0.584. The molecule has 1 saturated carbocycles. The van der Waals surface area contributed by atoms with Crippen LogP contribution < -0.4 is 0 Å². The number of ether oxygens (including phenoxy) is 2. The lowest BCUT2D eigenvalue weighted by Crippen LogP contribution is -2.58. The average Bonchev–Trinajstić information content (AvgIpc) is 3.31. The molecule has 6 nitrogen and oxygen atoms in total. The number of hydrogen-bond donors (Lipinski definition) is 0. The SMILES string of the molecule is O=C([C@H]1COC2(CCCCC2)N1C(=O)Cc1cccs1)N1CCOCC1. The van der Waals surface area contributed by atoms with E-state index < -0.39 is 11.8 Å². The zero-order valence-electron chi connectivity index (χ0n) is 15.0. The fourth-order valence-corrected chi connectivity index (χ4v) is 5.07. The van der Waals surface area contributed by atoms with Crippen molar-refractivity contribution in [1.29, 1.82) is 0 Å². The molecule has 1 atom stereocenters. The molecule has 0 N–H and O–H groups in total. The molecule has 26 heavy (non-hydrogen) atoms. The van der Waals surface area contributed by atoms with Gasteiger partial charge in [0.2, 0.25) is 11.8 Å². The zero-order valence-corrected chi connectivity index (χ0v) is 15.8. The van der Waals surface area contributed by atoms with E-state index in [1.54, 1.807) is 11.3 Å². The highest BCUT2D eigenvalue weighted by Crippen LogP contribution is 2.41. The molecule has 7 heteroatoms. The van der Waals surface area contributed by atoms with Crippen LogP contribution in [-0.2, 0) is 25.5 Å². The highest BCUT2D eigenvalue weighted by atomic mass is 32.1. The molecule has 2 saturated heterocycles. The van der Waals surface area contributed by atoms with E-state index in [1.807, 2.05) is 27.3 Å². The predicted molar refractivity (Wildman–Crippen MR) is 97.8 cm³/mol. The van der Waals surface area contributed by atoms with E-state index >= 15 is 0 Å². The average molecular weight is 378 g/mol. The third kappa shape index (κ3) is 3.40. The largest absolute Gasteiger partial charge is 0.378 e. The minimum absolute atomic E-state index is 0.00952. The summed E-state index contributed by atoms with van der Waals surface area (Å²) in [4.78, 5) is 31.0. The highest BCUT2D eigenvalue weighted by molar-refractivity contribution is 7.10. The quantitative estimate of drug-likeness (QED) is 0.808. The summed E-state index contributed by atoms with van der Waals surface area (Å²) in [5.74, 6) is 0.0220. The van der Waals surface area contributed by atoms with E-state index in [0.29, 0.717) is 39.3 Å². The van der Waals surface area contributed by atoms with E-state index in [9.17, 15) is 9.59 Å². The number of thiophene rings is 1. The monoisotopic (exact) mass is 378 g/mol. The number of rotatable bonds is 3. The maximum absolute atomic E-state index is 13.2. The first-order chi connectivity index (χ1) is 12.7. The van der Waals surface area contributed by atoms with Crippen LogP contribution in [0.4, 0.5) is 0 Å². The maximum Gasteiger partial charge on any atom is 0.248 e. The Balaban J connectivity index is 1.57. The van der Waals surface area contributed by atoms with Crippen LogP contribution in [0.3, 0.4) is 0 Å². The summed E-state index contributed by atoms with van der Waals surface area (Å²) in [7, 11) is 0. The van der Waals surface area contributed by atoms with Gasteiger partial charge >= 0.3 is 0 Å². The fourth-order valence-electron chi connectivity index (χ4n) is 4.38. The Morgan fingerprint density at radius 2 is 1.96 bits per heavy atom. The van der Waals surface area contributed by atoms with E-state index in [0.717, 1.165) is 30.6 Å². The Kier molecular flexibility index (Phi) is 5.29. The third-order valence-electron chi connectivity index (χ3n) is 5.68. The molecule has 4 rings (SSSR count). The topological polar surface area (TPSA) is 59.1 Å². The summed E-state index contributed by atoms with van der Waals surface area (Å²) in [6, 6.07) is 3.44. The van der Waals surface area contributed by atoms with Crippen molar-refractivity contribution in [2.24, 2.45) is 0 Å². The van der Waals surface area contributed by atoms with Crippen molar-refractivity contribution in [3.63, 3.8) is 0 Å². The van der Waals surface area contributed by atoms with Gasteiger partial charge in [-0.3, -0.25) is 14.5 Å². The molecule has 3 heterocycles. The lowest BCUT2D eigenvalue weighted by atomic mass is 9.90.